The van der Waals surface area contributed by atoms with Crippen LogP contribution in [0.5, 0.6) is 5.75 Å². The minimum Gasteiger partial charge on any atom is -0.496 e. The second-order valence-electron chi connectivity index (χ2n) is 5.24. The molecule has 0 aliphatic rings. The topological polar surface area (TPSA) is 106 Å². The summed E-state index contributed by atoms with van der Waals surface area (Å²) in [5.74, 6) is -0.522. The van der Waals surface area contributed by atoms with Crippen LogP contribution in [0, 0.1) is 6.92 Å². The maximum absolute atomic E-state index is 12.2. The Morgan fingerprint density at radius 1 is 1.24 bits per heavy atom. The Labute approximate surface area is 145 Å². The molecule has 1 aromatic heterocycles. The molecule has 0 saturated heterocycles. The number of anilines is 1. The number of nitrogen functional groups attached to an aromatic ring is 1. The van der Waals surface area contributed by atoms with Crippen LogP contribution in [0.25, 0.3) is 0 Å². The molecule has 0 unspecified atom stereocenters. The third kappa shape index (κ3) is 3.73. The molecule has 0 aliphatic carbocycles. The number of rotatable bonds is 6. The largest absolute Gasteiger partial charge is 0.496 e. The summed E-state index contributed by atoms with van der Waals surface area (Å²) in [6.45, 7) is 3.90. The van der Waals surface area contributed by atoms with E-state index in [1.165, 1.54) is 18.9 Å². The van der Waals surface area contributed by atoms with E-state index in [0.29, 0.717) is 17.0 Å². The van der Waals surface area contributed by atoms with Crippen molar-refractivity contribution in [3.05, 3.63) is 40.7 Å². The Kier molecular flexibility index (Phi) is 5.63. The number of nitrogens with two attached hydrogens (primary N) is 1. The Balaban J connectivity index is 2.41. The summed E-state index contributed by atoms with van der Waals surface area (Å²) in [5.41, 5.74) is 8.06. The van der Waals surface area contributed by atoms with Gasteiger partial charge in [0.05, 0.1) is 44.3 Å². The normalized spacial score (nSPS) is 10.4. The lowest BCUT2D eigenvalue weighted by Crippen LogP contribution is -2.16. The number of methoxy groups -OCH3 is 2. The average molecular weight is 347 g/mol. The first-order valence-corrected chi connectivity index (χ1v) is 7.68. The summed E-state index contributed by atoms with van der Waals surface area (Å²) >= 11 is 0. The van der Waals surface area contributed by atoms with E-state index < -0.39 is 11.9 Å². The molecule has 0 aliphatic heterocycles. The average Bonchev–Trinajstić information content (AvgIpc) is 2.88. The number of esters is 2. The minimum atomic E-state index is -0.536. The number of carbonyl (C=O) groups is 2. The van der Waals surface area contributed by atoms with E-state index in [-0.39, 0.29) is 24.5 Å². The van der Waals surface area contributed by atoms with Crippen LogP contribution >= 0.6 is 0 Å². The summed E-state index contributed by atoms with van der Waals surface area (Å²) < 4.78 is 16.6. The molecule has 0 radical (unpaired) electrons. The second kappa shape index (κ2) is 7.69. The van der Waals surface area contributed by atoms with Crippen LogP contribution in [0.4, 0.5) is 5.69 Å². The van der Waals surface area contributed by atoms with Crippen LogP contribution in [0.2, 0.25) is 0 Å². The maximum atomic E-state index is 12.2. The number of aryl methyl sites for hydroxylation is 1. The highest BCUT2D eigenvalue weighted by atomic mass is 16.5. The zero-order valence-corrected chi connectivity index (χ0v) is 14.7. The van der Waals surface area contributed by atoms with Gasteiger partial charge in [0.15, 0.2) is 5.69 Å². The number of aromatic nitrogens is 2. The molecule has 25 heavy (non-hydrogen) atoms. The van der Waals surface area contributed by atoms with E-state index in [2.05, 4.69) is 5.10 Å². The zero-order valence-electron chi connectivity index (χ0n) is 14.7. The molecule has 0 amide bonds. The van der Waals surface area contributed by atoms with Crippen molar-refractivity contribution in [2.45, 2.75) is 20.4 Å². The van der Waals surface area contributed by atoms with Crippen molar-refractivity contribution in [2.24, 2.45) is 0 Å². The molecule has 1 heterocycles. The Hall–Kier alpha value is -3.03. The fourth-order valence-corrected chi connectivity index (χ4v) is 2.41. The summed E-state index contributed by atoms with van der Waals surface area (Å²) in [4.78, 5) is 23.8. The van der Waals surface area contributed by atoms with Gasteiger partial charge in [-0.15, -0.1) is 0 Å². The first-order chi connectivity index (χ1) is 11.9. The van der Waals surface area contributed by atoms with E-state index in [9.17, 15) is 9.59 Å². The number of carbonyl (C=O) groups excluding carboxylic acids is 2. The molecule has 0 bridgehead atoms. The summed E-state index contributed by atoms with van der Waals surface area (Å²) in [6, 6.07) is 4.91. The first-order valence-electron chi connectivity index (χ1n) is 7.68. The quantitative estimate of drug-likeness (QED) is 0.794. The Bertz CT molecular complexity index is 798. The third-order valence-electron chi connectivity index (χ3n) is 3.67. The summed E-state index contributed by atoms with van der Waals surface area (Å²) in [6.07, 6.45) is 0. The van der Waals surface area contributed by atoms with Crippen molar-refractivity contribution in [1.29, 1.82) is 0 Å². The van der Waals surface area contributed by atoms with Gasteiger partial charge in [-0.1, -0.05) is 6.07 Å². The second-order valence-corrected chi connectivity index (χ2v) is 5.24. The third-order valence-corrected chi connectivity index (χ3v) is 3.67. The van der Waals surface area contributed by atoms with E-state index in [1.807, 2.05) is 0 Å². The first kappa shape index (κ1) is 18.3. The fraction of sp³-hybridized carbons (Fsp3) is 0.353. The molecule has 1 aromatic carbocycles. The van der Waals surface area contributed by atoms with Crippen molar-refractivity contribution < 1.29 is 23.8 Å². The lowest BCUT2D eigenvalue weighted by atomic mass is 10.1. The molecule has 2 rings (SSSR count). The molecule has 0 atom stereocenters. The molecule has 2 aromatic rings. The molecule has 2 N–H and O–H groups in total. The predicted octanol–water partition coefficient (Wildman–Crippen LogP) is 1.79. The van der Waals surface area contributed by atoms with Gasteiger partial charge in [-0.3, -0.25) is 4.68 Å². The van der Waals surface area contributed by atoms with Crippen LogP contribution in [0.3, 0.4) is 0 Å². The van der Waals surface area contributed by atoms with E-state index in [0.717, 1.165) is 5.56 Å². The van der Waals surface area contributed by atoms with Crippen molar-refractivity contribution in [2.75, 3.05) is 26.6 Å². The van der Waals surface area contributed by atoms with Crippen LogP contribution in [0.1, 0.15) is 39.0 Å². The van der Waals surface area contributed by atoms with Gasteiger partial charge in [0, 0.05) is 5.56 Å². The standard InChI is InChI=1S/C17H21N3O5/c1-5-25-17(22)15-14(18)10(2)19-20(15)9-12-7-6-11(16(21)24-4)8-13(12)23-3/h6-8H,5,9,18H2,1-4H3. The van der Waals surface area contributed by atoms with Gasteiger partial charge in [0.1, 0.15) is 5.75 Å². The van der Waals surface area contributed by atoms with E-state index >= 15 is 0 Å². The Morgan fingerprint density at radius 2 is 1.96 bits per heavy atom. The van der Waals surface area contributed by atoms with Crippen molar-refractivity contribution in [3.8, 4) is 5.75 Å². The lowest BCUT2D eigenvalue weighted by Gasteiger charge is -2.12. The van der Waals surface area contributed by atoms with Gasteiger partial charge in [-0.05, 0) is 26.0 Å². The van der Waals surface area contributed by atoms with Gasteiger partial charge in [0.25, 0.3) is 0 Å². The summed E-state index contributed by atoms with van der Waals surface area (Å²) in [5, 5.41) is 4.30. The predicted molar refractivity (Wildman–Crippen MR) is 90.8 cm³/mol. The number of hydrogen-bond donors (Lipinski definition) is 1. The number of ether oxygens (including phenoxy) is 3. The van der Waals surface area contributed by atoms with E-state index in [4.69, 9.17) is 19.9 Å². The highest BCUT2D eigenvalue weighted by Gasteiger charge is 2.22. The van der Waals surface area contributed by atoms with Gasteiger partial charge in [0.2, 0.25) is 0 Å². The van der Waals surface area contributed by atoms with Crippen LogP contribution in [-0.4, -0.2) is 42.5 Å². The highest BCUT2D eigenvalue weighted by molar-refractivity contribution is 5.94. The Morgan fingerprint density at radius 3 is 2.56 bits per heavy atom. The van der Waals surface area contributed by atoms with Gasteiger partial charge < -0.3 is 19.9 Å². The van der Waals surface area contributed by atoms with Gasteiger partial charge >= 0.3 is 11.9 Å². The molecule has 8 nitrogen and oxygen atoms in total. The molecule has 134 valence electrons. The molecular weight excluding hydrogens is 326 g/mol. The zero-order chi connectivity index (χ0) is 18.6. The van der Waals surface area contributed by atoms with Gasteiger partial charge in [-0.2, -0.15) is 5.10 Å². The molecule has 0 fully saturated rings. The van der Waals surface area contributed by atoms with Crippen molar-refractivity contribution >= 4 is 17.6 Å². The molecule has 0 spiro atoms. The number of nitrogens with zero attached hydrogens (tertiary/aromatic N) is 2. The fourth-order valence-electron chi connectivity index (χ4n) is 2.41. The maximum Gasteiger partial charge on any atom is 0.358 e. The molecule has 8 heteroatoms. The van der Waals surface area contributed by atoms with Crippen LogP contribution < -0.4 is 10.5 Å². The summed E-state index contributed by atoms with van der Waals surface area (Å²) in [7, 11) is 2.80. The SMILES string of the molecule is CCOC(=O)c1c(N)c(C)nn1Cc1ccc(C(=O)OC)cc1OC. The van der Waals surface area contributed by atoms with Crippen LogP contribution in [0.15, 0.2) is 18.2 Å². The van der Waals surface area contributed by atoms with Crippen molar-refractivity contribution in [3.63, 3.8) is 0 Å². The molecular formula is C17H21N3O5. The highest BCUT2D eigenvalue weighted by Crippen LogP contribution is 2.24. The smallest absolute Gasteiger partial charge is 0.358 e. The van der Waals surface area contributed by atoms with Gasteiger partial charge in [-0.25, -0.2) is 9.59 Å². The monoisotopic (exact) mass is 347 g/mol. The molecule has 0 saturated carbocycles. The van der Waals surface area contributed by atoms with E-state index in [1.54, 1.807) is 32.0 Å². The van der Waals surface area contributed by atoms with Crippen LogP contribution in [-0.2, 0) is 16.0 Å². The number of benzene rings is 1. The minimum absolute atomic E-state index is 0.193. The lowest BCUT2D eigenvalue weighted by molar-refractivity contribution is 0.0513. The number of hydrogen-bond acceptors (Lipinski definition) is 7. The van der Waals surface area contributed by atoms with Crippen molar-refractivity contribution in [1.82, 2.24) is 9.78 Å².